The van der Waals surface area contributed by atoms with Crippen molar-refractivity contribution < 1.29 is 24.5 Å². The van der Waals surface area contributed by atoms with E-state index in [1.807, 2.05) is 0 Å². The quantitative estimate of drug-likeness (QED) is 0.0320. The molecule has 6 nitrogen and oxygen atoms in total. The number of aliphatic hydroxyl groups is 2. The van der Waals surface area contributed by atoms with Gasteiger partial charge in [-0.05, 0) is 57.8 Å². The van der Waals surface area contributed by atoms with Gasteiger partial charge in [-0.15, -0.1) is 0 Å². The van der Waals surface area contributed by atoms with Crippen molar-refractivity contribution in [3.8, 4) is 0 Å². The number of hydrogen-bond acceptors (Lipinski definition) is 5. The minimum Gasteiger partial charge on any atom is -0.466 e. The molecule has 0 aromatic carbocycles. The van der Waals surface area contributed by atoms with E-state index in [9.17, 15) is 19.8 Å². The second kappa shape index (κ2) is 80.8. The zero-order chi connectivity index (χ0) is 65.6. The summed E-state index contributed by atoms with van der Waals surface area (Å²) in [5, 5.41) is 23.4. The van der Waals surface area contributed by atoms with Gasteiger partial charge in [0.05, 0.1) is 25.4 Å². The van der Waals surface area contributed by atoms with Crippen LogP contribution in [-0.4, -0.2) is 47.4 Å². The number of nitrogens with one attached hydrogen (secondary N) is 1. The number of amides is 1. The van der Waals surface area contributed by atoms with Crippen LogP contribution in [0.25, 0.3) is 0 Å². The molecule has 0 heterocycles. The molecule has 0 fully saturated rings. The number of carbonyl (C=O) groups is 2. The maximum Gasteiger partial charge on any atom is 0.305 e. The number of carbonyl (C=O) groups excluding carboxylic acids is 2. The third-order valence-corrected chi connectivity index (χ3v) is 20.0. The van der Waals surface area contributed by atoms with Gasteiger partial charge < -0.3 is 20.3 Å². The molecule has 2 atom stereocenters. The van der Waals surface area contributed by atoms with E-state index in [4.69, 9.17) is 4.74 Å². The molecule has 0 rings (SSSR count). The van der Waals surface area contributed by atoms with E-state index < -0.39 is 12.1 Å². The minimum absolute atomic E-state index is 0.0207. The summed E-state index contributed by atoms with van der Waals surface area (Å²) in [5.74, 6) is -0.00358. The van der Waals surface area contributed by atoms with E-state index in [0.29, 0.717) is 25.9 Å². The number of rotatable bonds is 80. The first-order chi connectivity index (χ1) is 45.0. The fourth-order valence-corrected chi connectivity index (χ4v) is 13.6. The lowest BCUT2D eigenvalue weighted by Gasteiger charge is -2.22. The van der Waals surface area contributed by atoms with Crippen LogP contribution in [0.4, 0.5) is 0 Å². The normalized spacial score (nSPS) is 12.5. The Kier molecular flexibility index (Phi) is 79.3. The molecule has 0 aromatic heterocycles. The van der Waals surface area contributed by atoms with Crippen LogP contribution in [0, 0.1) is 0 Å². The zero-order valence-corrected chi connectivity index (χ0v) is 62.1. The van der Waals surface area contributed by atoms with Crippen LogP contribution >= 0.6 is 0 Å². The van der Waals surface area contributed by atoms with Crippen LogP contribution in [-0.2, 0) is 14.3 Å². The maximum atomic E-state index is 12.6. The molecule has 0 saturated heterocycles. The SMILES string of the molecule is CCCCC/C=C\C/C=C\CCCCCCCCCCCC(=O)OCCCCCCCCCCCCCCCCCCCCCCCCCCCCCCCCCCCCCCCC(=O)NC(CO)C(O)CCCCCCCCCCCCCCCCCCCC. The average Bonchev–Trinajstić information content (AvgIpc) is 3.65. The summed E-state index contributed by atoms with van der Waals surface area (Å²) in [6.45, 7) is 4.98. The van der Waals surface area contributed by atoms with Crippen molar-refractivity contribution in [2.45, 2.75) is 495 Å². The molecule has 3 N–H and O–H groups in total. The number of ether oxygens (including phenoxy) is 1. The van der Waals surface area contributed by atoms with Gasteiger partial charge in [-0.1, -0.05) is 436 Å². The van der Waals surface area contributed by atoms with Crippen LogP contribution in [0.15, 0.2) is 24.3 Å². The molecule has 0 saturated carbocycles. The topological polar surface area (TPSA) is 95.9 Å². The molecular weight excluding hydrogens is 1110 g/mol. The highest BCUT2D eigenvalue weighted by atomic mass is 16.5. The molecule has 540 valence electrons. The van der Waals surface area contributed by atoms with Crippen LogP contribution < -0.4 is 5.32 Å². The van der Waals surface area contributed by atoms with E-state index in [1.54, 1.807) is 0 Å². The Morgan fingerprint density at radius 2 is 0.549 bits per heavy atom. The van der Waals surface area contributed by atoms with Crippen molar-refractivity contribution in [3.05, 3.63) is 24.3 Å². The van der Waals surface area contributed by atoms with Crippen molar-refractivity contribution in [2.75, 3.05) is 13.2 Å². The van der Waals surface area contributed by atoms with Crippen LogP contribution in [0.1, 0.15) is 483 Å². The molecule has 1 amide bonds. The lowest BCUT2D eigenvalue weighted by Crippen LogP contribution is -2.45. The lowest BCUT2D eigenvalue weighted by atomic mass is 10.0. The van der Waals surface area contributed by atoms with Gasteiger partial charge in [0.1, 0.15) is 0 Å². The van der Waals surface area contributed by atoms with Crippen molar-refractivity contribution in [1.29, 1.82) is 0 Å². The first kappa shape index (κ1) is 89.3. The molecule has 0 radical (unpaired) electrons. The molecule has 0 aliphatic rings. The highest BCUT2D eigenvalue weighted by Gasteiger charge is 2.20. The van der Waals surface area contributed by atoms with E-state index in [2.05, 4.69) is 43.5 Å². The monoisotopic (exact) mass is 1280 g/mol. The molecule has 6 heteroatoms. The van der Waals surface area contributed by atoms with Gasteiger partial charge in [0, 0.05) is 12.8 Å². The summed E-state index contributed by atoms with van der Waals surface area (Å²) in [5.41, 5.74) is 0. The highest BCUT2D eigenvalue weighted by Crippen LogP contribution is 2.21. The third kappa shape index (κ3) is 77.2. The Balaban J connectivity index is 3.29. The largest absolute Gasteiger partial charge is 0.466 e. The first-order valence-corrected chi connectivity index (χ1v) is 42.1. The Morgan fingerprint density at radius 3 is 0.857 bits per heavy atom. The standard InChI is InChI=1S/C85H165NO5/c1-3-5-7-9-11-13-15-17-19-21-42-47-51-55-59-63-67-71-75-79-85(90)91-80-76-72-68-64-60-56-52-48-44-41-39-37-35-33-31-29-27-25-23-24-26-28-30-32-34-36-38-40-43-46-50-54-58-62-66-70-74-78-84(89)86-82(81-87)83(88)77-73-69-65-61-57-53-49-45-22-20-18-16-14-12-10-8-6-4-2/h11,13,17,19,82-83,87-88H,3-10,12,14-16,18,20-81H2,1-2H3,(H,86,89)/b13-11-,19-17-. The van der Waals surface area contributed by atoms with E-state index in [-0.39, 0.29) is 18.5 Å². The predicted molar refractivity (Wildman–Crippen MR) is 403 cm³/mol. The Morgan fingerprint density at radius 1 is 0.308 bits per heavy atom. The second-order valence-corrected chi connectivity index (χ2v) is 29.2. The van der Waals surface area contributed by atoms with Crippen LogP contribution in [0.2, 0.25) is 0 Å². The number of aliphatic hydroxyl groups excluding tert-OH is 2. The van der Waals surface area contributed by atoms with Crippen molar-refractivity contribution in [2.24, 2.45) is 0 Å². The van der Waals surface area contributed by atoms with Crippen LogP contribution in [0.3, 0.4) is 0 Å². The van der Waals surface area contributed by atoms with Crippen molar-refractivity contribution >= 4 is 11.9 Å². The van der Waals surface area contributed by atoms with Crippen molar-refractivity contribution in [1.82, 2.24) is 5.32 Å². The molecular formula is C85H165NO5. The average molecular weight is 1280 g/mol. The van der Waals surface area contributed by atoms with E-state index in [0.717, 1.165) is 44.9 Å². The summed E-state index contributed by atoms with van der Waals surface area (Å²) < 4.78 is 5.52. The number of unbranched alkanes of at least 4 members (excludes halogenated alkanes) is 65. The Labute approximate surface area is 571 Å². The molecule has 0 aromatic rings. The van der Waals surface area contributed by atoms with Gasteiger partial charge in [-0.25, -0.2) is 0 Å². The molecule has 91 heavy (non-hydrogen) atoms. The van der Waals surface area contributed by atoms with Crippen molar-refractivity contribution in [3.63, 3.8) is 0 Å². The fraction of sp³-hybridized carbons (Fsp3) is 0.929. The summed E-state index contributed by atoms with van der Waals surface area (Å²) >= 11 is 0. The fourth-order valence-electron chi connectivity index (χ4n) is 13.6. The molecule has 0 aliphatic carbocycles. The zero-order valence-electron chi connectivity index (χ0n) is 62.1. The molecule has 0 aliphatic heterocycles. The third-order valence-electron chi connectivity index (χ3n) is 20.0. The Hall–Kier alpha value is -1.66. The molecule has 2 unspecified atom stereocenters. The first-order valence-electron chi connectivity index (χ1n) is 42.1. The maximum absolute atomic E-state index is 12.6. The van der Waals surface area contributed by atoms with Gasteiger partial charge in [-0.2, -0.15) is 0 Å². The summed E-state index contributed by atoms with van der Waals surface area (Å²) in [6, 6.07) is -0.537. The van der Waals surface area contributed by atoms with Gasteiger partial charge >= 0.3 is 5.97 Å². The molecule has 0 bridgehead atoms. The smallest absolute Gasteiger partial charge is 0.305 e. The predicted octanol–water partition coefficient (Wildman–Crippen LogP) is 28.0. The molecule has 0 spiro atoms. The van der Waals surface area contributed by atoms with E-state index >= 15 is 0 Å². The minimum atomic E-state index is -0.660. The van der Waals surface area contributed by atoms with Gasteiger partial charge in [0.25, 0.3) is 0 Å². The number of hydrogen-bond donors (Lipinski definition) is 3. The second-order valence-electron chi connectivity index (χ2n) is 29.2. The number of allylic oxidation sites excluding steroid dienone is 4. The summed E-state index contributed by atoms with van der Waals surface area (Å²) in [7, 11) is 0. The Bertz CT molecular complexity index is 1430. The summed E-state index contributed by atoms with van der Waals surface area (Å²) in [6.07, 6.45) is 104. The van der Waals surface area contributed by atoms with E-state index in [1.165, 1.54) is 405 Å². The van der Waals surface area contributed by atoms with Crippen LogP contribution in [0.5, 0.6) is 0 Å². The van der Waals surface area contributed by atoms with Gasteiger partial charge in [-0.3, -0.25) is 9.59 Å². The lowest BCUT2D eigenvalue weighted by molar-refractivity contribution is -0.143. The summed E-state index contributed by atoms with van der Waals surface area (Å²) in [4.78, 5) is 24.7. The number of esters is 1. The van der Waals surface area contributed by atoms with Gasteiger partial charge in [0.2, 0.25) is 5.91 Å². The highest BCUT2D eigenvalue weighted by molar-refractivity contribution is 5.76. The van der Waals surface area contributed by atoms with Gasteiger partial charge in [0.15, 0.2) is 0 Å².